The minimum Gasteiger partial charge on any atom is -0.507 e. The number of rotatable bonds is 5. The molecule has 6 nitrogen and oxygen atoms in total. The molecule has 0 bridgehead atoms. The van der Waals surface area contributed by atoms with Crippen molar-refractivity contribution in [2.75, 3.05) is 19.0 Å². The number of amides is 1. The molecule has 0 fully saturated rings. The molecule has 0 aliphatic rings. The van der Waals surface area contributed by atoms with Crippen molar-refractivity contribution >= 4 is 40.8 Å². The number of benzene rings is 2. The summed E-state index contributed by atoms with van der Waals surface area (Å²) >= 11 is 11.7. The lowest BCUT2D eigenvalue weighted by Gasteiger charge is -2.09. The maximum absolute atomic E-state index is 11.9. The Hall–Kier alpha value is -2.44. The molecule has 2 rings (SSSR count). The number of esters is 1. The monoisotopic (exact) mass is 369 g/mol. The highest BCUT2D eigenvalue weighted by Gasteiger charge is 2.15. The molecule has 2 aromatic rings. The quantitative estimate of drug-likeness (QED) is 0.787. The van der Waals surface area contributed by atoms with E-state index in [9.17, 15) is 14.7 Å². The third-order valence-corrected chi connectivity index (χ3v) is 3.48. The Bertz CT molecular complexity index is 779. The molecular weight excluding hydrogens is 357 g/mol. The van der Waals surface area contributed by atoms with Gasteiger partial charge in [0.2, 0.25) is 0 Å². The highest BCUT2D eigenvalue weighted by molar-refractivity contribution is 6.32. The number of phenolic OH excluding ortho intramolecular Hbond substituents is 1. The van der Waals surface area contributed by atoms with Gasteiger partial charge in [-0.3, -0.25) is 4.79 Å². The maximum Gasteiger partial charge on any atom is 0.342 e. The molecule has 2 N–H and O–H groups in total. The largest absolute Gasteiger partial charge is 0.507 e. The van der Waals surface area contributed by atoms with E-state index in [4.69, 9.17) is 32.7 Å². The van der Waals surface area contributed by atoms with Gasteiger partial charge in [-0.15, -0.1) is 0 Å². The SMILES string of the molecule is COc1ccc(NC(=O)COC(=O)c2cc(Cl)ccc2O)cc1Cl. The lowest BCUT2D eigenvalue weighted by atomic mass is 10.2. The maximum atomic E-state index is 11.9. The average Bonchev–Trinajstić information content (AvgIpc) is 2.55. The second-order valence-corrected chi connectivity index (χ2v) is 5.48. The summed E-state index contributed by atoms with van der Waals surface area (Å²) in [5, 5.41) is 12.7. The third kappa shape index (κ3) is 4.53. The number of methoxy groups -OCH3 is 1. The predicted molar refractivity (Wildman–Crippen MR) is 90.0 cm³/mol. The Morgan fingerprint density at radius 3 is 2.58 bits per heavy atom. The number of phenols is 1. The van der Waals surface area contributed by atoms with Crippen LogP contribution in [-0.2, 0) is 9.53 Å². The van der Waals surface area contributed by atoms with Gasteiger partial charge in [0.05, 0.1) is 12.1 Å². The molecule has 0 unspecified atom stereocenters. The normalized spacial score (nSPS) is 10.1. The van der Waals surface area contributed by atoms with Crippen molar-refractivity contribution in [3.05, 3.63) is 52.0 Å². The van der Waals surface area contributed by atoms with E-state index in [1.54, 1.807) is 12.1 Å². The number of nitrogens with one attached hydrogen (secondary N) is 1. The number of hydrogen-bond donors (Lipinski definition) is 2. The van der Waals surface area contributed by atoms with Crippen molar-refractivity contribution < 1.29 is 24.2 Å². The zero-order chi connectivity index (χ0) is 17.7. The van der Waals surface area contributed by atoms with Crippen LogP contribution in [0.25, 0.3) is 0 Å². The van der Waals surface area contributed by atoms with E-state index < -0.39 is 18.5 Å². The van der Waals surface area contributed by atoms with Crippen molar-refractivity contribution in [2.45, 2.75) is 0 Å². The van der Waals surface area contributed by atoms with Crippen molar-refractivity contribution in [1.82, 2.24) is 0 Å². The Morgan fingerprint density at radius 2 is 1.92 bits per heavy atom. The van der Waals surface area contributed by atoms with E-state index in [1.165, 1.54) is 31.4 Å². The molecule has 8 heteroatoms. The van der Waals surface area contributed by atoms with E-state index in [2.05, 4.69) is 5.32 Å². The first-order valence-electron chi connectivity index (χ1n) is 6.69. The number of anilines is 1. The van der Waals surface area contributed by atoms with Crippen LogP contribution in [0.5, 0.6) is 11.5 Å². The zero-order valence-corrected chi connectivity index (χ0v) is 14.0. The van der Waals surface area contributed by atoms with Gasteiger partial charge >= 0.3 is 5.97 Å². The van der Waals surface area contributed by atoms with Crippen LogP contribution in [0.1, 0.15) is 10.4 Å². The first-order chi connectivity index (χ1) is 11.4. The summed E-state index contributed by atoms with van der Waals surface area (Å²) < 4.78 is 9.85. The standard InChI is InChI=1S/C16H13Cl2NO5/c1-23-14-5-3-10(7-12(14)18)19-15(21)8-24-16(22)11-6-9(17)2-4-13(11)20/h2-7,20H,8H2,1H3,(H,19,21). The first-order valence-corrected chi connectivity index (χ1v) is 7.45. The van der Waals surface area contributed by atoms with Crippen LogP contribution in [0.15, 0.2) is 36.4 Å². The van der Waals surface area contributed by atoms with Crippen LogP contribution in [0.2, 0.25) is 10.0 Å². The zero-order valence-electron chi connectivity index (χ0n) is 12.5. The molecular formula is C16H13Cl2NO5. The van der Waals surface area contributed by atoms with Crippen LogP contribution in [0.4, 0.5) is 5.69 Å². The van der Waals surface area contributed by atoms with Gasteiger partial charge in [-0.1, -0.05) is 23.2 Å². The summed E-state index contributed by atoms with van der Waals surface area (Å²) in [4.78, 5) is 23.7. The van der Waals surface area contributed by atoms with Crippen LogP contribution < -0.4 is 10.1 Å². The molecule has 0 aliphatic heterocycles. The number of halogens is 2. The highest BCUT2D eigenvalue weighted by Crippen LogP contribution is 2.27. The minimum atomic E-state index is -0.863. The minimum absolute atomic E-state index is 0.122. The number of carbonyl (C=O) groups excluding carboxylic acids is 2. The fourth-order valence-electron chi connectivity index (χ4n) is 1.82. The summed E-state index contributed by atoms with van der Waals surface area (Å²) in [6.07, 6.45) is 0. The molecule has 0 radical (unpaired) electrons. The number of hydrogen-bond acceptors (Lipinski definition) is 5. The molecule has 24 heavy (non-hydrogen) atoms. The van der Waals surface area contributed by atoms with Crippen molar-refractivity contribution in [2.24, 2.45) is 0 Å². The summed E-state index contributed by atoms with van der Waals surface area (Å²) in [6, 6.07) is 8.62. The van der Waals surface area contributed by atoms with Crippen LogP contribution >= 0.6 is 23.2 Å². The molecule has 0 aromatic heterocycles. The molecule has 2 aromatic carbocycles. The lowest BCUT2D eigenvalue weighted by Crippen LogP contribution is -2.21. The van der Waals surface area contributed by atoms with E-state index >= 15 is 0 Å². The van der Waals surface area contributed by atoms with Gasteiger partial charge in [0.15, 0.2) is 6.61 Å². The molecule has 0 aliphatic carbocycles. The van der Waals surface area contributed by atoms with Gasteiger partial charge in [-0.25, -0.2) is 4.79 Å². The average molecular weight is 370 g/mol. The molecule has 126 valence electrons. The van der Waals surface area contributed by atoms with Crippen molar-refractivity contribution in [3.63, 3.8) is 0 Å². The van der Waals surface area contributed by atoms with Gasteiger partial charge in [0, 0.05) is 10.7 Å². The Labute approximate surface area is 147 Å². The van der Waals surface area contributed by atoms with E-state index in [-0.39, 0.29) is 16.3 Å². The summed E-state index contributed by atoms with van der Waals surface area (Å²) in [6.45, 7) is -0.533. The molecule has 0 saturated carbocycles. The summed E-state index contributed by atoms with van der Waals surface area (Å²) in [5.74, 6) is -1.24. The van der Waals surface area contributed by atoms with Crippen LogP contribution in [0, 0.1) is 0 Å². The molecule has 0 heterocycles. The molecule has 0 saturated heterocycles. The Morgan fingerprint density at radius 1 is 1.17 bits per heavy atom. The fourth-order valence-corrected chi connectivity index (χ4v) is 2.25. The molecule has 1 amide bonds. The van der Waals surface area contributed by atoms with E-state index in [0.29, 0.717) is 16.5 Å². The van der Waals surface area contributed by atoms with Gasteiger partial charge in [0.1, 0.15) is 17.1 Å². The summed E-state index contributed by atoms with van der Waals surface area (Å²) in [7, 11) is 1.48. The predicted octanol–water partition coefficient (Wildman–Crippen LogP) is 3.50. The van der Waals surface area contributed by atoms with Crippen LogP contribution in [-0.4, -0.2) is 30.7 Å². The lowest BCUT2D eigenvalue weighted by molar-refractivity contribution is -0.119. The van der Waals surface area contributed by atoms with Crippen molar-refractivity contribution in [1.29, 1.82) is 0 Å². The second kappa shape index (κ2) is 7.90. The summed E-state index contributed by atoms with van der Waals surface area (Å²) in [5.41, 5.74) is 0.301. The van der Waals surface area contributed by atoms with Crippen molar-refractivity contribution in [3.8, 4) is 11.5 Å². The molecule has 0 atom stereocenters. The molecule has 0 spiro atoms. The highest BCUT2D eigenvalue weighted by atomic mass is 35.5. The number of carbonyl (C=O) groups is 2. The second-order valence-electron chi connectivity index (χ2n) is 4.64. The van der Waals surface area contributed by atoms with Crippen LogP contribution in [0.3, 0.4) is 0 Å². The van der Waals surface area contributed by atoms with Gasteiger partial charge in [-0.05, 0) is 36.4 Å². The van der Waals surface area contributed by atoms with Gasteiger partial charge in [-0.2, -0.15) is 0 Å². The number of ether oxygens (including phenoxy) is 2. The van der Waals surface area contributed by atoms with Gasteiger partial charge in [0.25, 0.3) is 5.91 Å². The topological polar surface area (TPSA) is 84.9 Å². The first kappa shape index (κ1) is 17.9. The van der Waals surface area contributed by atoms with E-state index in [1.807, 2.05) is 0 Å². The third-order valence-electron chi connectivity index (χ3n) is 2.95. The Balaban J connectivity index is 1.94. The Kier molecular flexibility index (Phi) is 5.89. The van der Waals surface area contributed by atoms with E-state index in [0.717, 1.165) is 0 Å². The smallest absolute Gasteiger partial charge is 0.342 e. The van der Waals surface area contributed by atoms with Gasteiger partial charge < -0.3 is 19.9 Å². The number of aromatic hydroxyl groups is 1. The fraction of sp³-hybridized carbons (Fsp3) is 0.125.